The molecule has 0 saturated heterocycles. The van der Waals surface area contributed by atoms with Crippen molar-refractivity contribution >= 4 is 16.0 Å². The molecule has 1 saturated carbocycles. The monoisotopic (exact) mass is 266 g/mol. The second-order valence-electron chi connectivity index (χ2n) is 4.06. The Balaban J connectivity index is 2.67. The third kappa shape index (κ3) is 3.15. The molecule has 17 heavy (non-hydrogen) atoms. The van der Waals surface area contributed by atoms with Gasteiger partial charge in [-0.2, -0.15) is 0 Å². The highest BCUT2D eigenvalue weighted by atomic mass is 32.2. The SMILES string of the molecule is CCOC1CC(N)C1NS(=O)(=O)C(C)C(=O)O. The number of ether oxygens (including phenoxy) is 1. The van der Waals surface area contributed by atoms with E-state index in [-0.39, 0.29) is 12.1 Å². The van der Waals surface area contributed by atoms with E-state index in [9.17, 15) is 13.2 Å². The summed E-state index contributed by atoms with van der Waals surface area (Å²) in [6.07, 6.45) is 0.299. The summed E-state index contributed by atoms with van der Waals surface area (Å²) in [5.41, 5.74) is 5.67. The van der Waals surface area contributed by atoms with E-state index in [1.165, 1.54) is 0 Å². The van der Waals surface area contributed by atoms with Crippen LogP contribution in [0.5, 0.6) is 0 Å². The van der Waals surface area contributed by atoms with Crippen LogP contribution in [0.15, 0.2) is 0 Å². The van der Waals surface area contributed by atoms with Crippen LogP contribution in [0.4, 0.5) is 0 Å². The van der Waals surface area contributed by atoms with Crippen LogP contribution in [0.3, 0.4) is 0 Å². The largest absolute Gasteiger partial charge is 0.480 e. The fraction of sp³-hybridized carbons (Fsp3) is 0.889. The van der Waals surface area contributed by atoms with Crippen molar-refractivity contribution in [3.63, 3.8) is 0 Å². The smallest absolute Gasteiger partial charge is 0.323 e. The first-order valence-corrected chi connectivity index (χ1v) is 6.95. The molecule has 1 rings (SSSR count). The fourth-order valence-electron chi connectivity index (χ4n) is 1.61. The average Bonchev–Trinajstić information content (AvgIpc) is 2.25. The highest BCUT2D eigenvalue weighted by Gasteiger charge is 2.43. The summed E-state index contributed by atoms with van der Waals surface area (Å²) >= 11 is 0. The Bertz CT molecular complexity index is 381. The topological polar surface area (TPSA) is 119 Å². The number of hydrogen-bond donors (Lipinski definition) is 3. The second-order valence-corrected chi connectivity index (χ2v) is 6.10. The predicted molar refractivity (Wildman–Crippen MR) is 60.9 cm³/mol. The zero-order valence-corrected chi connectivity index (χ0v) is 10.6. The number of sulfonamides is 1. The molecule has 100 valence electrons. The van der Waals surface area contributed by atoms with Crippen molar-refractivity contribution in [3.8, 4) is 0 Å². The first-order valence-electron chi connectivity index (χ1n) is 5.40. The molecule has 0 aromatic heterocycles. The van der Waals surface area contributed by atoms with Crippen molar-refractivity contribution in [2.45, 2.75) is 43.7 Å². The van der Waals surface area contributed by atoms with Crippen LogP contribution in [0.2, 0.25) is 0 Å². The number of nitrogens with one attached hydrogen (secondary N) is 1. The highest BCUT2D eigenvalue weighted by Crippen LogP contribution is 2.23. The third-order valence-electron chi connectivity index (χ3n) is 2.86. The van der Waals surface area contributed by atoms with Crippen LogP contribution < -0.4 is 10.5 Å². The molecule has 0 aliphatic heterocycles. The number of carboxylic acid groups (broad SMARTS) is 1. The third-order valence-corrected chi connectivity index (χ3v) is 4.59. The Morgan fingerprint density at radius 2 is 2.24 bits per heavy atom. The summed E-state index contributed by atoms with van der Waals surface area (Å²) in [4.78, 5) is 10.6. The van der Waals surface area contributed by atoms with E-state index in [0.717, 1.165) is 6.92 Å². The van der Waals surface area contributed by atoms with Crippen LogP contribution in [0, 0.1) is 0 Å². The summed E-state index contributed by atoms with van der Waals surface area (Å²) in [6, 6.07) is -0.871. The predicted octanol–water partition coefficient (Wildman–Crippen LogP) is -1.12. The lowest BCUT2D eigenvalue weighted by Crippen LogP contribution is -2.65. The van der Waals surface area contributed by atoms with Gasteiger partial charge in [-0.25, -0.2) is 13.1 Å². The van der Waals surface area contributed by atoms with Gasteiger partial charge in [-0.1, -0.05) is 0 Å². The Morgan fingerprint density at radius 3 is 2.65 bits per heavy atom. The number of rotatable bonds is 6. The Hall–Kier alpha value is -0.700. The quantitative estimate of drug-likeness (QED) is 0.560. The van der Waals surface area contributed by atoms with Gasteiger partial charge < -0.3 is 15.6 Å². The van der Waals surface area contributed by atoms with E-state index in [2.05, 4.69) is 4.72 Å². The molecule has 4 unspecified atom stereocenters. The minimum Gasteiger partial charge on any atom is -0.480 e. The van der Waals surface area contributed by atoms with Gasteiger partial charge in [-0.15, -0.1) is 0 Å². The van der Waals surface area contributed by atoms with Crippen LogP contribution in [-0.2, 0) is 19.6 Å². The Kier molecular flexibility index (Phi) is 4.48. The van der Waals surface area contributed by atoms with Crippen molar-refractivity contribution < 1.29 is 23.1 Å². The van der Waals surface area contributed by atoms with Crippen molar-refractivity contribution in [2.75, 3.05) is 6.61 Å². The maximum atomic E-state index is 11.7. The van der Waals surface area contributed by atoms with E-state index in [4.69, 9.17) is 15.6 Å². The molecule has 0 aromatic rings. The molecule has 7 nitrogen and oxygen atoms in total. The zero-order chi connectivity index (χ0) is 13.2. The van der Waals surface area contributed by atoms with E-state index in [1.54, 1.807) is 6.92 Å². The lowest BCUT2D eigenvalue weighted by atomic mass is 9.84. The van der Waals surface area contributed by atoms with E-state index in [0.29, 0.717) is 13.0 Å². The number of nitrogens with two attached hydrogens (primary N) is 1. The normalized spacial score (nSPS) is 30.6. The van der Waals surface area contributed by atoms with Gasteiger partial charge in [-0.3, -0.25) is 4.79 Å². The van der Waals surface area contributed by atoms with Gasteiger partial charge in [0.05, 0.1) is 12.1 Å². The van der Waals surface area contributed by atoms with Gasteiger partial charge in [0.25, 0.3) is 0 Å². The standard InChI is InChI=1S/C9H18N2O5S/c1-3-16-7-4-6(10)8(7)11-17(14,15)5(2)9(12)13/h5-8,11H,3-4,10H2,1-2H3,(H,12,13). The summed E-state index contributed by atoms with van der Waals surface area (Å²) in [7, 11) is -3.91. The molecule has 1 fully saturated rings. The van der Waals surface area contributed by atoms with Crippen molar-refractivity contribution in [3.05, 3.63) is 0 Å². The van der Waals surface area contributed by atoms with Gasteiger partial charge in [0, 0.05) is 12.6 Å². The second kappa shape index (κ2) is 5.30. The Labute approximate surface area is 100 Å². The summed E-state index contributed by atoms with van der Waals surface area (Å²) in [5.74, 6) is -1.39. The molecule has 0 bridgehead atoms. The summed E-state index contributed by atoms with van der Waals surface area (Å²) in [6.45, 7) is 3.38. The van der Waals surface area contributed by atoms with E-state index in [1.807, 2.05) is 0 Å². The minimum atomic E-state index is -3.91. The van der Waals surface area contributed by atoms with Gasteiger partial charge in [0.2, 0.25) is 10.0 Å². The van der Waals surface area contributed by atoms with E-state index >= 15 is 0 Å². The number of aliphatic carboxylic acids is 1. The van der Waals surface area contributed by atoms with Crippen LogP contribution in [0.1, 0.15) is 20.3 Å². The molecule has 0 amide bonds. The van der Waals surface area contributed by atoms with E-state index < -0.39 is 27.3 Å². The molecule has 0 radical (unpaired) electrons. The van der Waals surface area contributed by atoms with Gasteiger partial charge in [0.15, 0.2) is 5.25 Å². The molecule has 0 heterocycles. The Morgan fingerprint density at radius 1 is 1.65 bits per heavy atom. The molecule has 0 aromatic carbocycles. The minimum absolute atomic E-state index is 0.272. The molecule has 1 aliphatic carbocycles. The average molecular weight is 266 g/mol. The lowest BCUT2D eigenvalue weighted by Gasteiger charge is -2.42. The number of hydrogen-bond acceptors (Lipinski definition) is 5. The van der Waals surface area contributed by atoms with Crippen molar-refractivity contribution in [1.29, 1.82) is 0 Å². The number of carbonyl (C=O) groups is 1. The molecular formula is C9H18N2O5S. The molecular weight excluding hydrogens is 248 g/mol. The first kappa shape index (κ1) is 14.4. The van der Waals surface area contributed by atoms with Gasteiger partial charge >= 0.3 is 5.97 Å². The van der Waals surface area contributed by atoms with Gasteiger partial charge in [-0.05, 0) is 20.3 Å². The lowest BCUT2D eigenvalue weighted by molar-refractivity contribution is -0.136. The fourth-order valence-corrected chi connectivity index (χ4v) is 2.79. The highest BCUT2D eigenvalue weighted by molar-refractivity contribution is 7.90. The van der Waals surface area contributed by atoms with Crippen LogP contribution >= 0.6 is 0 Å². The summed E-state index contributed by atoms with van der Waals surface area (Å²) in [5, 5.41) is 7.17. The maximum Gasteiger partial charge on any atom is 0.323 e. The van der Waals surface area contributed by atoms with Gasteiger partial charge in [0.1, 0.15) is 0 Å². The molecule has 4 atom stereocenters. The maximum absolute atomic E-state index is 11.7. The molecule has 0 spiro atoms. The molecule has 4 N–H and O–H groups in total. The van der Waals surface area contributed by atoms with Crippen molar-refractivity contribution in [1.82, 2.24) is 4.72 Å². The first-order chi connectivity index (χ1) is 7.79. The number of carboxylic acids is 1. The van der Waals surface area contributed by atoms with Crippen LogP contribution in [0.25, 0.3) is 0 Å². The van der Waals surface area contributed by atoms with Crippen molar-refractivity contribution in [2.24, 2.45) is 5.73 Å². The molecule has 8 heteroatoms. The zero-order valence-electron chi connectivity index (χ0n) is 9.79. The summed E-state index contributed by atoms with van der Waals surface area (Å²) < 4.78 is 30.9. The molecule has 1 aliphatic rings. The van der Waals surface area contributed by atoms with Crippen LogP contribution in [-0.4, -0.2) is 49.5 Å².